The molecule has 2 aromatic rings. The van der Waals surface area contributed by atoms with Crippen LogP contribution in [0.5, 0.6) is 5.88 Å². The number of hydrogen-bond donors (Lipinski definition) is 1. The molecule has 1 fully saturated rings. The maximum absolute atomic E-state index is 12.7. The van der Waals surface area contributed by atoms with E-state index in [0.29, 0.717) is 42.4 Å². The first-order valence-corrected chi connectivity index (χ1v) is 11.7. The third-order valence-electron chi connectivity index (χ3n) is 6.00. The third kappa shape index (κ3) is 5.81. The normalized spacial score (nSPS) is 22.1. The quantitative estimate of drug-likeness (QED) is 0.532. The standard InChI is InChI=1S/C23H31F2N3O3S/c1-14(2)8-23(21(29)30)9-16(15(3)4)11-28(13-23)12-17-10-27-20(32-17)18-6-5-7-26-19(18)31-22(24)25/h5-7,10,14-16,22H,8-9,11-13H2,1-4H3,(H,29,30). The number of thiazole rings is 1. The number of carboxylic acids is 1. The molecule has 9 heteroatoms. The first-order chi connectivity index (χ1) is 15.1. The van der Waals surface area contributed by atoms with E-state index in [1.807, 2.05) is 0 Å². The second kappa shape index (κ2) is 10.2. The highest BCUT2D eigenvalue weighted by atomic mass is 32.1. The molecule has 2 unspecified atom stereocenters. The molecule has 3 rings (SSSR count). The molecule has 6 nitrogen and oxygen atoms in total. The van der Waals surface area contributed by atoms with Crippen LogP contribution < -0.4 is 4.74 Å². The van der Waals surface area contributed by atoms with Crippen LogP contribution >= 0.6 is 11.3 Å². The predicted octanol–water partition coefficient (Wildman–Crippen LogP) is 5.40. The Morgan fingerprint density at radius 3 is 2.72 bits per heavy atom. The number of hydrogen-bond acceptors (Lipinski definition) is 6. The van der Waals surface area contributed by atoms with Crippen molar-refractivity contribution in [1.82, 2.24) is 14.9 Å². The highest BCUT2D eigenvalue weighted by Gasteiger charge is 2.46. The van der Waals surface area contributed by atoms with Gasteiger partial charge >= 0.3 is 12.6 Å². The van der Waals surface area contributed by atoms with Crippen LogP contribution in [0.25, 0.3) is 10.6 Å². The lowest BCUT2D eigenvalue weighted by Crippen LogP contribution is -2.52. The van der Waals surface area contributed by atoms with Crippen molar-refractivity contribution in [2.75, 3.05) is 13.1 Å². The number of carbonyl (C=O) groups is 1. The zero-order valence-corrected chi connectivity index (χ0v) is 19.7. The van der Waals surface area contributed by atoms with Gasteiger partial charge in [0, 0.05) is 36.9 Å². The van der Waals surface area contributed by atoms with E-state index in [4.69, 9.17) is 0 Å². The molecular weight excluding hydrogens is 436 g/mol. The average molecular weight is 468 g/mol. The molecule has 1 aliphatic rings. The van der Waals surface area contributed by atoms with E-state index in [0.717, 1.165) is 11.4 Å². The highest BCUT2D eigenvalue weighted by molar-refractivity contribution is 7.15. The first-order valence-electron chi connectivity index (χ1n) is 10.9. The molecule has 0 saturated carbocycles. The molecule has 2 atom stereocenters. The van der Waals surface area contributed by atoms with Gasteiger partial charge < -0.3 is 9.84 Å². The summed E-state index contributed by atoms with van der Waals surface area (Å²) in [6.07, 6.45) is 4.45. The van der Waals surface area contributed by atoms with Gasteiger partial charge in [0.15, 0.2) is 0 Å². The topological polar surface area (TPSA) is 75.5 Å². The summed E-state index contributed by atoms with van der Waals surface area (Å²) in [4.78, 5) is 23.8. The Bertz CT molecular complexity index is 921. The van der Waals surface area contributed by atoms with Crippen molar-refractivity contribution in [2.45, 2.75) is 53.7 Å². The fraction of sp³-hybridized carbons (Fsp3) is 0.609. The molecule has 0 amide bonds. The molecule has 0 aliphatic carbocycles. The maximum Gasteiger partial charge on any atom is 0.388 e. The lowest BCUT2D eigenvalue weighted by molar-refractivity contribution is -0.156. The number of pyridine rings is 1. The fourth-order valence-electron chi connectivity index (χ4n) is 4.65. The van der Waals surface area contributed by atoms with Gasteiger partial charge in [0.2, 0.25) is 5.88 Å². The van der Waals surface area contributed by atoms with Gasteiger partial charge in [0.05, 0.1) is 11.0 Å². The minimum atomic E-state index is -2.96. The zero-order valence-electron chi connectivity index (χ0n) is 18.9. The Labute approximate surface area is 191 Å². The van der Waals surface area contributed by atoms with Gasteiger partial charge in [0.25, 0.3) is 0 Å². The van der Waals surface area contributed by atoms with E-state index >= 15 is 0 Å². The lowest BCUT2D eigenvalue weighted by Gasteiger charge is -2.46. The summed E-state index contributed by atoms with van der Waals surface area (Å²) in [6, 6.07) is 3.31. The molecule has 176 valence electrons. The molecule has 0 bridgehead atoms. The van der Waals surface area contributed by atoms with Crippen LogP contribution in [0.2, 0.25) is 0 Å². The first kappa shape index (κ1) is 24.5. The largest absolute Gasteiger partial charge is 0.481 e. The summed E-state index contributed by atoms with van der Waals surface area (Å²) in [7, 11) is 0. The van der Waals surface area contributed by atoms with Gasteiger partial charge in [-0.2, -0.15) is 8.78 Å². The van der Waals surface area contributed by atoms with Gasteiger partial charge in [-0.15, -0.1) is 11.3 Å². The van der Waals surface area contributed by atoms with Crippen molar-refractivity contribution in [3.8, 4) is 16.5 Å². The van der Waals surface area contributed by atoms with Crippen LogP contribution in [0.15, 0.2) is 24.5 Å². The number of aliphatic carboxylic acids is 1. The Kier molecular flexibility index (Phi) is 7.82. The monoisotopic (exact) mass is 467 g/mol. The molecule has 3 heterocycles. The number of nitrogens with zero attached hydrogens (tertiary/aromatic N) is 3. The summed E-state index contributed by atoms with van der Waals surface area (Å²) < 4.78 is 30.0. The summed E-state index contributed by atoms with van der Waals surface area (Å²) in [6.45, 7) is 7.34. The number of piperidine rings is 1. The number of rotatable bonds is 9. The second-order valence-electron chi connectivity index (χ2n) is 9.43. The van der Waals surface area contributed by atoms with Crippen LogP contribution in [0.1, 0.15) is 45.4 Å². The Morgan fingerprint density at radius 1 is 1.34 bits per heavy atom. The van der Waals surface area contributed by atoms with Gasteiger partial charge in [0.1, 0.15) is 5.01 Å². The predicted molar refractivity (Wildman–Crippen MR) is 120 cm³/mol. The molecular formula is C23H31F2N3O3S. The molecule has 0 spiro atoms. The highest BCUT2D eigenvalue weighted by Crippen LogP contribution is 2.42. The number of halogens is 2. The fourth-order valence-corrected chi connectivity index (χ4v) is 5.62. The van der Waals surface area contributed by atoms with Gasteiger partial charge in [-0.1, -0.05) is 27.7 Å². The molecule has 1 saturated heterocycles. The van der Waals surface area contributed by atoms with Crippen LogP contribution in [0, 0.1) is 23.2 Å². The SMILES string of the molecule is CC(C)CC1(C(=O)O)CC(C(C)C)CN(Cc2cnc(-c3cccnc3OC(F)F)s2)C1. The molecule has 1 aliphatic heterocycles. The van der Waals surface area contributed by atoms with E-state index in [2.05, 4.69) is 47.3 Å². The summed E-state index contributed by atoms with van der Waals surface area (Å²) in [5.41, 5.74) is -0.348. The Hall–Kier alpha value is -2.13. The van der Waals surface area contributed by atoms with E-state index in [1.54, 1.807) is 18.3 Å². The van der Waals surface area contributed by atoms with Crippen LogP contribution in [0.4, 0.5) is 8.78 Å². The van der Waals surface area contributed by atoms with Crippen molar-refractivity contribution in [1.29, 1.82) is 0 Å². The molecule has 2 aromatic heterocycles. The second-order valence-corrected chi connectivity index (χ2v) is 10.5. The van der Waals surface area contributed by atoms with E-state index in [-0.39, 0.29) is 17.7 Å². The van der Waals surface area contributed by atoms with Crippen molar-refractivity contribution < 1.29 is 23.4 Å². The van der Waals surface area contributed by atoms with Crippen molar-refractivity contribution in [3.63, 3.8) is 0 Å². The zero-order chi connectivity index (χ0) is 23.5. The summed E-state index contributed by atoms with van der Waals surface area (Å²) in [5, 5.41) is 10.7. The summed E-state index contributed by atoms with van der Waals surface area (Å²) >= 11 is 1.39. The van der Waals surface area contributed by atoms with Crippen LogP contribution in [-0.4, -0.2) is 45.6 Å². The number of ether oxygens (including phenoxy) is 1. The molecule has 1 N–H and O–H groups in total. The third-order valence-corrected chi connectivity index (χ3v) is 7.02. The minimum absolute atomic E-state index is 0.150. The molecule has 0 aromatic carbocycles. The van der Waals surface area contributed by atoms with E-state index < -0.39 is 18.0 Å². The number of carboxylic acid groups (broad SMARTS) is 1. The number of likely N-dealkylation sites (tertiary alicyclic amines) is 1. The average Bonchev–Trinajstić information content (AvgIpc) is 3.15. The van der Waals surface area contributed by atoms with Crippen LogP contribution in [-0.2, 0) is 11.3 Å². The van der Waals surface area contributed by atoms with E-state index in [9.17, 15) is 18.7 Å². The summed E-state index contributed by atoms with van der Waals surface area (Å²) in [5.74, 6) is 0.0759. The van der Waals surface area contributed by atoms with Gasteiger partial charge in [-0.25, -0.2) is 9.97 Å². The minimum Gasteiger partial charge on any atom is -0.481 e. The van der Waals surface area contributed by atoms with E-state index in [1.165, 1.54) is 17.5 Å². The van der Waals surface area contributed by atoms with Crippen molar-refractivity contribution >= 4 is 17.3 Å². The Morgan fingerprint density at radius 2 is 2.09 bits per heavy atom. The smallest absolute Gasteiger partial charge is 0.388 e. The van der Waals surface area contributed by atoms with Crippen molar-refractivity contribution in [2.24, 2.45) is 23.2 Å². The van der Waals surface area contributed by atoms with Crippen molar-refractivity contribution in [3.05, 3.63) is 29.4 Å². The van der Waals surface area contributed by atoms with Gasteiger partial charge in [-0.05, 0) is 42.7 Å². The lowest BCUT2D eigenvalue weighted by atomic mass is 9.68. The Balaban J connectivity index is 1.83. The number of alkyl halides is 2. The molecule has 0 radical (unpaired) electrons. The molecule has 32 heavy (non-hydrogen) atoms. The van der Waals surface area contributed by atoms with Crippen LogP contribution in [0.3, 0.4) is 0 Å². The maximum atomic E-state index is 12.7. The van der Waals surface area contributed by atoms with Gasteiger partial charge in [-0.3, -0.25) is 9.69 Å². The number of aromatic nitrogens is 2.